The standard InChI is InChI=1S/C14H11BrN2O/c15-17-16-13(11-7-3-1-4-8-11)14(18-17)12-9-5-2-6-10-12/h1-10,16H. The Morgan fingerprint density at radius 3 is 2.00 bits per heavy atom. The van der Waals surface area contributed by atoms with E-state index in [1.54, 1.807) is 0 Å². The molecule has 0 atom stereocenters. The van der Waals surface area contributed by atoms with Crippen molar-refractivity contribution in [1.82, 2.24) is 9.62 Å². The maximum absolute atomic E-state index is 5.63. The van der Waals surface area contributed by atoms with E-state index in [4.69, 9.17) is 4.84 Å². The summed E-state index contributed by atoms with van der Waals surface area (Å²) in [6.07, 6.45) is 0. The van der Waals surface area contributed by atoms with Crippen molar-refractivity contribution in [3.63, 3.8) is 0 Å². The molecule has 0 saturated carbocycles. The fourth-order valence-corrected chi connectivity index (χ4v) is 2.20. The number of benzene rings is 2. The fraction of sp³-hybridized carbons (Fsp3) is 0. The number of halogens is 1. The lowest BCUT2D eigenvalue weighted by molar-refractivity contribution is 0.0183. The van der Waals surface area contributed by atoms with E-state index in [-0.39, 0.29) is 0 Å². The molecular weight excluding hydrogens is 292 g/mol. The summed E-state index contributed by atoms with van der Waals surface area (Å²) in [5, 5.41) is 0. The Bertz CT molecular complexity index is 517. The van der Waals surface area contributed by atoms with Crippen molar-refractivity contribution in [1.29, 1.82) is 0 Å². The molecule has 0 bridgehead atoms. The molecule has 1 heterocycles. The normalized spacial score (nSPS) is 15.4. The second kappa shape index (κ2) is 4.84. The SMILES string of the molecule is BrN1NC(c2ccccc2)=C(c2ccccc2)O1. The molecule has 18 heavy (non-hydrogen) atoms. The first-order valence-corrected chi connectivity index (χ1v) is 6.31. The maximum Gasteiger partial charge on any atom is 0.183 e. The monoisotopic (exact) mass is 302 g/mol. The van der Waals surface area contributed by atoms with Gasteiger partial charge in [0.2, 0.25) is 0 Å². The van der Waals surface area contributed by atoms with Gasteiger partial charge in [-0.05, 0) is 0 Å². The minimum atomic E-state index is 0.804. The van der Waals surface area contributed by atoms with Gasteiger partial charge in [0, 0.05) is 15.3 Å². The van der Waals surface area contributed by atoms with Gasteiger partial charge in [-0.3, -0.25) is 5.43 Å². The molecule has 0 spiro atoms. The molecule has 1 N–H and O–H groups in total. The average Bonchev–Trinajstić information content (AvgIpc) is 2.83. The lowest BCUT2D eigenvalue weighted by atomic mass is 10.1. The molecule has 0 fully saturated rings. The maximum atomic E-state index is 5.63. The predicted octanol–water partition coefficient (Wildman–Crippen LogP) is 3.57. The Balaban J connectivity index is 2.09. The van der Waals surface area contributed by atoms with Crippen molar-refractivity contribution < 1.29 is 4.84 Å². The highest BCUT2D eigenvalue weighted by molar-refractivity contribution is 9.07. The lowest BCUT2D eigenvalue weighted by Gasteiger charge is -2.06. The van der Waals surface area contributed by atoms with E-state index in [1.165, 1.54) is 4.20 Å². The molecule has 1 aliphatic rings. The largest absolute Gasteiger partial charge is 0.372 e. The van der Waals surface area contributed by atoms with Crippen LogP contribution < -0.4 is 5.43 Å². The number of nitrogens with zero attached hydrogens (tertiary/aromatic N) is 1. The van der Waals surface area contributed by atoms with E-state index < -0.39 is 0 Å². The average molecular weight is 303 g/mol. The quantitative estimate of drug-likeness (QED) is 0.858. The number of hydrazine groups is 1. The van der Waals surface area contributed by atoms with Crippen molar-refractivity contribution in [2.45, 2.75) is 0 Å². The predicted molar refractivity (Wildman–Crippen MR) is 74.7 cm³/mol. The van der Waals surface area contributed by atoms with Gasteiger partial charge in [0.15, 0.2) is 5.76 Å². The van der Waals surface area contributed by atoms with Gasteiger partial charge in [-0.15, -0.1) is 0 Å². The van der Waals surface area contributed by atoms with Crippen molar-refractivity contribution in [3.8, 4) is 0 Å². The fourth-order valence-electron chi connectivity index (χ4n) is 1.87. The smallest absolute Gasteiger partial charge is 0.183 e. The van der Waals surface area contributed by atoms with E-state index >= 15 is 0 Å². The van der Waals surface area contributed by atoms with Crippen LogP contribution in [0.5, 0.6) is 0 Å². The third kappa shape index (κ3) is 2.12. The van der Waals surface area contributed by atoms with Crippen LogP contribution in [-0.4, -0.2) is 4.20 Å². The van der Waals surface area contributed by atoms with Crippen LogP contribution in [0.3, 0.4) is 0 Å². The summed E-state index contributed by atoms with van der Waals surface area (Å²) < 4.78 is 1.43. The number of hydrogen-bond acceptors (Lipinski definition) is 3. The Morgan fingerprint density at radius 2 is 1.39 bits per heavy atom. The molecule has 4 heteroatoms. The summed E-state index contributed by atoms with van der Waals surface area (Å²) in [7, 11) is 0. The van der Waals surface area contributed by atoms with Crippen LogP contribution in [0.4, 0.5) is 0 Å². The first-order chi connectivity index (χ1) is 8.84. The van der Waals surface area contributed by atoms with Gasteiger partial charge in [-0.1, -0.05) is 60.7 Å². The van der Waals surface area contributed by atoms with Crippen molar-refractivity contribution >= 4 is 27.6 Å². The minimum Gasteiger partial charge on any atom is -0.372 e. The number of nitrogens with one attached hydrogen (secondary N) is 1. The summed E-state index contributed by atoms with van der Waals surface area (Å²) in [5.74, 6) is 0.804. The molecule has 0 radical (unpaired) electrons. The number of hydrogen-bond donors (Lipinski definition) is 1. The van der Waals surface area contributed by atoms with E-state index in [2.05, 4.69) is 21.6 Å². The van der Waals surface area contributed by atoms with Gasteiger partial charge >= 0.3 is 0 Å². The summed E-state index contributed by atoms with van der Waals surface area (Å²) >= 11 is 3.27. The third-order valence-corrected chi connectivity index (χ3v) is 3.02. The van der Waals surface area contributed by atoms with E-state index in [0.29, 0.717) is 0 Å². The summed E-state index contributed by atoms with van der Waals surface area (Å²) in [6.45, 7) is 0. The van der Waals surface area contributed by atoms with Gasteiger partial charge in [0.25, 0.3) is 0 Å². The molecule has 0 saturated heterocycles. The molecule has 0 aliphatic carbocycles. The molecular formula is C14H11BrN2O. The second-order valence-corrected chi connectivity index (χ2v) is 4.53. The topological polar surface area (TPSA) is 24.5 Å². The first-order valence-electron chi connectivity index (χ1n) is 5.60. The van der Waals surface area contributed by atoms with Gasteiger partial charge < -0.3 is 4.84 Å². The van der Waals surface area contributed by atoms with Crippen molar-refractivity contribution in [2.75, 3.05) is 0 Å². The molecule has 1 aliphatic heterocycles. The lowest BCUT2D eigenvalue weighted by Crippen LogP contribution is -2.19. The Morgan fingerprint density at radius 1 is 0.833 bits per heavy atom. The van der Waals surface area contributed by atoms with E-state index in [0.717, 1.165) is 22.6 Å². The zero-order valence-electron chi connectivity index (χ0n) is 9.51. The van der Waals surface area contributed by atoms with Gasteiger partial charge in [-0.25, -0.2) is 0 Å². The van der Waals surface area contributed by atoms with Gasteiger partial charge in [-0.2, -0.15) is 0 Å². The van der Waals surface area contributed by atoms with E-state index in [1.807, 2.05) is 60.7 Å². The van der Waals surface area contributed by atoms with Crippen LogP contribution in [-0.2, 0) is 4.84 Å². The molecule has 3 rings (SSSR count). The van der Waals surface area contributed by atoms with Crippen LogP contribution in [0.2, 0.25) is 0 Å². The molecule has 0 aromatic heterocycles. The van der Waals surface area contributed by atoms with Crippen LogP contribution >= 0.6 is 16.1 Å². The van der Waals surface area contributed by atoms with Crippen molar-refractivity contribution in [2.24, 2.45) is 0 Å². The number of rotatable bonds is 2. The Hall–Kier alpha value is -1.78. The summed E-state index contributed by atoms with van der Waals surface area (Å²) in [6, 6.07) is 20.1. The molecule has 0 unspecified atom stereocenters. The molecule has 2 aromatic carbocycles. The Labute approximate surface area is 114 Å². The molecule has 2 aromatic rings. The van der Waals surface area contributed by atoms with Crippen LogP contribution in [0, 0.1) is 0 Å². The summed E-state index contributed by atoms with van der Waals surface area (Å²) in [4.78, 5) is 5.63. The second-order valence-electron chi connectivity index (χ2n) is 3.88. The van der Waals surface area contributed by atoms with Crippen LogP contribution in [0.1, 0.15) is 11.1 Å². The van der Waals surface area contributed by atoms with Crippen molar-refractivity contribution in [3.05, 3.63) is 71.8 Å². The molecule has 90 valence electrons. The first kappa shape index (κ1) is 11.3. The molecule has 3 nitrogen and oxygen atoms in total. The zero-order valence-corrected chi connectivity index (χ0v) is 11.1. The van der Waals surface area contributed by atoms with Gasteiger partial charge in [0.1, 0.15) is 5.70 Å². The summed E-state index contributed by atoms with van der Waals surface area (Å²) in [5.41, 5.74) is 6.18. The highest BCUT2D eigenvalue weighted by Gasteiger charge is 2.24. The highest BCUT2D eigenvalue weighted by Crippen LogP contribution is 2.32. The zero-order chi connectivity index (χ0) is 12.4. The third-order valence-electron chi connectivity index (χ3n) is 2.70. The van der Waals surface area contributed by atoms with E-state index in [9.17, 15) is 0 Å². The highest BCUT2D eigenvalue weighted by atomic mass is 79.9. The van der Waals surface area contributed by atoms with Crippen LogP contribution in [0.25, 0.3) is 11.5 Å². The van der Waals surface area contributed by atoms with Gasteiger partial charge in [0.05, 0.1) is 16.1 Å². The molecule has 0 amide bonds. The van der Waals surface area contributed by atoms with Crippen LogP contribution in [0.15, 0.2) is 60.7 Å². The minimum absolute atomic E-state index is 0.804. The Kier molecular flexibility index (Phi) is 3.04.